The number of amides is 2. The minimum atomic E-state index is -1.06. The lowest BCUT2D eigenvalue weighted by molar-refractivity contribution is -0.118. The third-order valence-corrected chi connectivity index (χ3v) is 2.90. The monoisotopic (exact) mass is 281 g/mol. The molecule has 100 valence electrons. The Kier molecular flexibility index (Phi) is 4.21. The minimum absolute atomic E-state index is 0.209. The molecule has 0 radical (unpaired) electrons. The standard InChI is InChI=1S/C10H11N5O3S/c16-4-7(9(18)15-10-12-1-2-19-10)14-8(17)6-3-11-5-13-6/h1-3,5,7,16H,4H2,(H,11,13)(H,14,17)(H,12,15,18)/t7-/m0/s1. The van der Waals surface area contributed by atoms with Gasteiger partial charge in [-0.25, -0.2) is 9.97 Å². The number of carbonyl (C=O) groups excluding carboxylic acids is 2. The average Bonchev–Trinajstić information content (AvgIpc) is 3.07. The molecule has 0 unspecified atom stereocenters. The number of aromatic nitrogens is 3. The Balaban J connectivity index is 1.96. The van der Waals surface area contributed by atoms with Gasteiger partial charge in [-0.2, -0.15) is 0 Å². The van der Waals surface area contributed by atoms with Crippen LogP contribution in [0.15, 0.2) is 24.1 Å². The first-order chi connectivity index (χ1) is 9.20. The maximum absolute atomic E-state index is 11.8. The molecule has 2 aromatic heterocycles. The summed E-state index contributed by atoms with van der Waals surface area (Å²) in [5, 5.41) is 16.1. The van der Waals surface area contributed by atoms with E-state index in [0.29, 0.717) is 5.13 Å². The molecule has 2 rings (SSSR count). The van der Waals surface area contributed by atoms with Crippen molar-refractivity contribution in [1.82, 2.24) is 20.3 Å². The van der Waals surface area contributed by atoms with E-state index in [1.165, 1.54) is 30.1 Å². The van der Waals surface area contributed by atoms with Gasteiger partial charge < -0.3 is 20.7 Å². The van der Waals surface area contributed by atoms with Crippen LogP contribution in [0.4, 0.5) is 5.13 Å². The molecule has 19 heavy (non-hydrogen) atoms. The van der Waals surface area contributed by atoms with Crippen LogP contribution in [0, 0.1) is 0 Å². The number of aliphatic hydroxyl groups is 1. The summed E-state index contributed by atoms with van der Waals surface area (Å²) in [5.41, 5.74) is 0.209. The third kappa shape index (κ3) is 3.36. The maximum Gasteiger partial charge on any atom is 0.270 e. The Labute approximate surface area is 111 Å². The molecule has 0 bridgehead atoms. The number of hydrogen-bond acceptors (Lipinski definition) is 6. The molecule has 4 N–H and O–H groups in total. The largest absolute Gasteiger partial charge is 0.394 e. The van der Waals surface area contributed by atoms with E-state index in [0.717, 1.165) is 0 Å². The van der Waals surface area contributed by atoms with Gasteiger partial charge in [-0.05, 0) is 0 Å². The Morgan fingerprint density at radius 3 is 2.95 bits per heavy atom. The maximum atomic E-state index is 11.8. The van der Waals surface area contributed by atoms with Crippen LogP contribution in [0.3, 0.4) is 0 Å². The van der Waals surface area contributed by atoms with E-state index in [1.54, 1.807) is 5.38 Å². The van der Waals surface area contributed by atoms with Crippen LogP contribution < -0.4 is 10.6 Å². The van der Waals surface area contributed by atoms with Gasteiger partial charge in [0.15, 0.2) is 5.13 Å². The van der Waals surface area contributed by atoms with Gasteiger partial charge in [-0.1, -0.05) is 0 Å². The van der Waals surface area contributed by atoms with Crippen molar-refractivity contribution < 1.29 is 14.7 Å². The number of rotatable bonds is 5. The number of hydrogen-bond donors (Lipinski definition) is 4. The van der Waals surface area contributed by atoms with Crippen molar-refractivity contribution in [3.05, 3.63) is 29.8 Å². The number of aromatic amines is 1. The summed E-state index contributed by atoms with van der Waals surface area (Å²) < 4.78 is 0. The quantitative estimate of drug-likeness (QED) is 0.594. The number of thiazole rings is 1. The lowest BCUT2D eigenvalue weighted by atomic mass is 10.2. The van der Waals surface area contributed by atoms with E-state index in [-0.39, 0.29) is 5.69 Å². The van der Waals surface area contributed by atoms with Crippen LogP contribution in [0.25, 0.3) is 0 Å². The Morgan fingerprint density at radius 2 is 2.37 bits per heavy atom. The zero-order valence-electron chi connectivity index (χ0n) is 9.66. The van der Waals surface area contributed by atoms with E-state index in [4.69, 9.17) is 5.11 Å². The molecule has 0 saturated heterocycles. The highest BCUT2D eigenvalue weighted by Crippen LogP contribution is 2.10. The molecular weight excluding hydrogens is 270 g/mol. The first kappa shape index (κ1) is 13.2. The van der Waals surface area contributed by atoms with Gasteiger partial charge in [0.2, 0.25) is 0 Å². The van der Waals surface area contributed by atoms with Gasteiger partial charge >= 0.3 is 0 Å². The van der Waals surface area contributed by atoms with Gasteiger partial charge in [0.1, 0.15) is 11.7 Å². The molecular formula is C10H11N5O3S. The van der Waals surface area contributed by atoms with Crippen molar-refractivity contribution in [2.24, 2.45) is 0 Å². The van der Waals surface area contributed by atoms with E-state index < -0.39 is 24.5 Å². The summed E-state index contributed by atoms with van der Waals surface area (Å²) in [5.74, 6) is -1.06. The van der Waals surface area contributed by atoms with Gasteiger partial charge in [0, 0.05) is 11.6 Å². The van der Waals surface area contributed by atoms with Crippen LogP contribution >= 0.6 is 11.3 Å². The lowest BCUT2D eigenvalue weighted by Gasteiger charge is -2.14. The Morgan fingerprint density at radius 1 is 1.53 bits per heavy atom. The van der Waals surface area contributed by atoms with Gasteiger partial charge in [0.05, 0.1) is 19.1 Å². The second-order valence-electron chi connectivity index (χ2n) is 3.50. The number of nitrogens with one attached hydrogen (secondary N) is 3. The number of imidazole rings is 1. The molecule has 1 atom stereocenters. The molecule has 0 aliphatic heterocycles. The molecule has 9 heteroatoms. The van der Waals surface area contributed by atoms with E-state index in [2.05, 4.69) is 25.6 Å². The highest BCUT2D eigenvalue weighted by Gasteiger charge is 2.21. The predicted octanol–water partition coefficient (Wildman–Crippen LogP) is -0.404. The number of carbonyl (C=O) groups is 2. The molecule has 2 aromatic rings. The van der Waals surface area contributed by atoms with Crippen LogP contribution in [0.1, 0.15) is 10.5 Å². The first-order valence-corrected chi connectivity index (χ1v) is 6.19. The van der Waals surface area contributed by atoms with E-state index in [1.807, 2.05) is 0 Å². The normalized spacial score (nSPS) is 11.8. The summed E-state index contributed by atoms with van der Waals surface area (Å²) in [6, 6.07) is -1.06. The molecule has 2 amide bonds. The molecule has 0 aromatic carbocycles. The lowest BCUT2D eigenvalue weighted by Crippen LogP contribution is -2.46. The molecule has 2 heterocycles. The highest BCUT2D eigenvalue weighted by atomic mass is 32.1. The van der Waals surface area contributed by atoms with Crippen LogP contribution in [0.5, 0.6) is 0 Å². The Bertz CT molecular complexity index is 540. The summed E-state index contributed by atoms with van der Waals surface area (Å²) in [7, 11) is 0. The van der Waals surface area contributed by atoms with Crippen LogP contribution in [0.2, 0.25) is 0 Å². The van der Waals surface area contributed by atoms with Gasteiger partial charge in [0.25, 0.3) is 11.8 Å². The average molecular weight is 281 g/mol. The zero-order valence-corrected chi connectivity index (χ0v) is 10.5. The smallest absolute Gasteiger partial charge is 0.270 e. The highest BCUT2D eigenvalue weighted by molar-refractivity contribution is 7.13. The third-order valence-electron chi connectivity index (χ3n) is 2.21. The fourth-order valence-corrected chi connectivity index (χ4v) is 1.82. The van der Waals surface area contributed by atoms with Gasteiger partial charge in [-0.3, -0.25) is 9.59 Å². The van der Waals surface area contributed by atoms with Crippen molar-refractivity contribution in [3.8, 4) is 0 Å². The molecule has 0 fully saturated rings. The summed E-state index contributed by atoms with van der Waals surface area (Å²) >= 11 is 1.24. The molecule has 0 spiro atoms. The number of aliphatic hydroxyl groups excluding tert-OH is 1. The number of H-pyrrole nitrogens is 1. The SMILES string of the molecule is O=C(N[C@@H](CO)C(=O)Nc1nccs1)c1cnc[nH]1. The van der Waals surface area contributed by atoms with Crippen molar-refractivity contribution in [3.63, 3.8) is 0 Å². The van der Waals surface area contributed by atoms with Crippen LogP contribution in [-0.2, 0) is 4.79 Å². The number of anilines is 1. The minimum Gasteiger partial charge on any atom is -0.394 e. The first-order valence-electron chi connectivity index (χ1n) is 5.31. The second-order valence-corrected chi connectivity index (χ2v) is 4.39. The second kappa shape index (κ2) is 6.07. The fraction of sp³-hybridized carbons (Fsp3) is 0.200. The Hall–Kier alpha value is -2.26. The topological polar surface area (TPSA) is 120 Å². The predicted molar refractivity (Wildman–Crippen MR) is 67.7 cm³/mol. The molecule has 0 aliphatic rings. The van der Waals surface area contributed by atoms with Crippen molar-refractivity contribution in [1.29, 1.82) is 0 Å². The van der Waals surface area contributed by atoms with Crippen molar-refractivity contribution >= 4 is 28.3 Å². The number of nitrogens with zero attached hydrogens (tertiary/aromatic N) is 2. The summed E-state index contributed by atoms with van der Waals surface area (Å²) in [6.45, 7) is -0.517. The van der Waals surface area contributed by atoms with Crippen molar-refractivity contribution in [2.45, 2.75) is 6.04 Å². The van der Waals surface area contributed by atoms with Crippen LogP contribution in [-0.4, -0.2) is 44.5 Å². The fourth-order valence-electron chi connectivity index (χ4n) is 1.29. The van der Waals surface area contributed by atoms with Gasteiger partial charge in [-0.15, -0.1) is 11.3 Å². The van der Waals surface area contributed by atoms with Crippen molar-refractivity contribution in [2.75, 3.05) is 11.9 Å². The zero-order chi connectivity index (χ0) is 13.7. The summed E-state index contributed by atoms with van der Waals surface area (Å²) in [4.78, 5) is 33.7. The van der Waals surface area contributed by atoms with E-state index in [9.17, 15) is 9.59 Å². The molecule has 8 nitrogen and oxygen atoms in total. The summed E-state index contributed by atoms with van der Waals surface area (Å²) in [6.07, 6.45) is 4.21. The van der Waals surface area contributed by atoms with E-state index >= 15 is 0 Å². The molecule has 0 aliphatic carbocycles. The molecule has 0 saturated carbocycles.